The van der Waals surface area contributed by atoms with Crippen LogP contribution in [0.25, 0.3) is 11.5 Å². The lowest BCUT2D eigenvalue weighted by atomic mass is 9.86. The van der Waals surface area contributed by atoms with E-state index in [1.54, 1.807) is 18.6 Å². The highest BCUT2D eigenvalue weighted by Gasteiger charge is 2.22. The van der Waals surface area contributed by atoms with Gasteiger partial charge in [0.2, 0.25) is 0 Å². The van der Waals surface area contributed by atoms with Gasteiger partial charge in [-0.3, -0.25) is 4.98 Å². The Balaban J connectivity index is 2.01. The van der Waals surface area contributed by atoms with E-state index in [9.17, 15) is 0 Å². The van der Waals surface area contributed by atoms with Crippen LogP contribution in [0.2, 0.25) is 0 Å². The molecule has 0 aliphatic heterocycles. The summed E-state index contributed by atoms with van der Waals surface area (Å²) in [6.07, 6.45) is 8.11. The number of aromatic nitrogens is 4. The van der Waals surface area contributed by atoms with E-state index in [0.29, 0.717) is 11.7 Å². The summed E-state index contributed by atoms with van der Waals surface area (Å²) in [7, 11) is 0. The Morgan fingerprint density at radius 2 is 2.21 bits per heavy atom. The first kappa shape index (κ1) is 12.2. The zero-order valence-electron chi connectivity index (χ0n) is 11.0. The first-order valence-corrected chi connectivity index (χ1v) is 6.60. The summed E-state index contributed by atoms with van der Waals surface area (Å²) in [6.45, 7) is 2.78. The maximum Gasteiger partial charge on any atom is 0.180 e. The van der Waals surface area contributed by atoms with Crippen molar-refractivity contribution in [1.82, 2.24) is 19.9 Å². The van der Waals surface area contributed by atoms with Crippen molar-refractivity contribution in [3.63, 3.8) is 0 Å². The molecule has 0 aromatic carbocycles. The number of hydrogen-bond donors (Lipinski definition) is 1. The molecule has 2 aromatic heterocycles. The fourth-order valence-electron chi connectivity index (χ4n) is 2.59. The third-order valence-electron chi connectivity index (χ3n) is 3.71. The third kappa shape index (κ3) is 2.33. The normalized spacial score (nSPS) is 18.1. The Morgan fingerprint density at radius 3 is 2.95 bits per heavy atom. The zero-order valence-corrected chi connectivity index (χ0v) is 11.0. The molecule has 0 spiro atoms. The molecule has 98 valence electrons. The van der Waals surface area contributed by atoms with Gasteiger partial charge in [0.05, 0.1) is 6.20 Å². The highest BCUT2D eigenvalue weighted by atomic mass is 14.9. The molecule has 0 saturated heterocycles. The van der Waals surface area contributed by atoms with Gasteiger partial charge < -0.3 is 5.73 Å². The van der Waals surface area contributed by atoms with Crippen LogP contribution in [0.1, 0.15) is 23.4 Å². The molecule has 1 unspecified atom stereocenters. The summed E-state index contributed by atoms with van der Waals surface area (Å²) < 4.78 is 0. The summed E-state index contributed by atoms with van der Waals surface area (Å²) in [5, 5.41) is 0. The van der Waals surface area contributed by atoms with E-state index in [1.807, 2.05) is 6.92 Å². The molecule has 0 amide bonds. The summed E-state index contributed by atoms with van der Waals surface area (Å²) in [4.78, 5) is 17.6. The molecular formula is C14H17N5. The van der Waals surface area contributed by atoms with Crippen molar-refractivity contribution in [2.75, 3.05) is 6.54 Å². The molecule has 1 aliphatic carbocycles. The molecule has 19 heavy (non-hydrogen) atoms. The molecule has 5 nitrogen and oxygen atoms in total. The van der Waals surface area contributed by atoms with Crippen LogP contribution < -0.4 is 5.73 Å². The SMILES string of the molecule is Cc1nc(-c2cnccn2)nc2c1CC(CN)CC2. The molecule has 5 heteroatoms. The van der Waals surface area contributed by atoms with Crippen LogP contribution in [0.3, 0.4) is 0 Å². The predicted octanol–water partition coefficient (Wildman–Crippen LogP) is 1.31. The van der Waals surface area contributed by atoms with Gasteiger partial charge >= 0.3 is 0 Å². The summed E-state index contributed by atoms with van der Waals surface area (Å²) in [5.41, 5.74) is 9.97. The molecular weight excluding hydrogens is 238 g/mol. The van der Waals surface area contributed by atoms with E-state index in [1.165, 1.54) is 5.56 Å². The predicted molar refractivity (Wildman–Crippen MR) is 72.4 cm³/mol. The molecule has 2 aromatic rings. The molecule has 0 bridgehead atoms. The van der Waals surface area contributed by atoms with Crippen LogP contribution in [-0.2, 0) is 12.8 Å². The molecule has 3 rings (SSSR count). The van der Waals surface area contributed by atoms with E-state index < -0.39 is 0 Å². The zero-order chi connectivity index (χ0) is 13.2. The minimum Gasteiger partial charge on any atom is -0.330 e. The molecule has 1 atom stereocenters. The van der Waals surface area contributed by atoms with Gasteiger partial charge in [0, 0.05) is 23.8 Å². The highest BCUT2D eigenvalue weighted by Crippen LogP contribution is 2.27. The first-order valence-electron chi connectivity index (χ1n) is 6.60. The minimum atomic E-state index is 0.567. The Labute approximate surface area is 112 Å². The second-order valence-corrected chi connectivity index (χ2v) is 4.99. The smallest absolute Gasteiger partial charge is 0.180 e. The van der Waals surface area contributed by atoms with Gasteiger partial charge in [-0.05, 0) is 44.2 Å². The number of nitrogens with two attached hydrogens (primary N) is 1. The van der Waals surface area contributed by atoms with Crippen LogP contribution in [0.15, 0.2) is 18.6 Å². The number of aryl methyl sites for hydroxylation is 2. The van der Waals surface area contributed by atoms with Gasteiger partial charge in [-0.15, -0.1) is 0 Å². The first-order chi connectivity index (χ1) is 9.28. The highest BCUT2D eigenvalue weighted by molar-refractivity contribution is 5.49. The topological polar surface area (TPSA) is 77.6 Å². The average molecular weight is 255 g/mol. The lowest BCUT2D eigenvalue weighted by Gasteiger charge is -2.24. The summed E-state index contributed by atoms with van der Waals surface area (Å²) in [6, 6.07) is 0. The van der Waals surface area contributed by atoms with Crippen LogP contribution in [-0.4, -0.2) is 26.5 Å². The van der Waals surface area contributed by atoms with Crippen LogP contribution in [0.4, 0.5) is 0 Å². The van der Waals surface area contributed by atoms with Crippen molar-refractivity contribution >= 4 is 0 Å². The molecule has 0 fully saturated rings. The Kier molecular flexibility index (Phi) is 3.21. The molecule has 2 heterocycles. The third-order valence-corrected chi connectivity index (χ3v) is 3.71. The minimum absolute atomic E-state index is 0.567. The van der Waals surface area contributed by atoms with Crippen molar-refractivity contribution in [2.24, 2.45) is 11.7 Å². The van der Waals surface area contributed by atoms with Crippen molar-refractivity contribution in [3.05, 3.63) is 35.5 Å². The van der Waals surface area contributed by atoms with Crippen LogP contribution in [0.5, 0.6) is 0 Å². The lowest BCUT2D eigenvalue weighted by Crippen LogP contribution is -2.24. The standard InChI is InChI=1S/C14H17N5/c1-9-11-6-10(7-15)2-3-12(11)19-14(18-9)13-8-16-4-5-17-13/h4-5,8,10H,2-3,6-7,15H2,1H3. The van der Waals surface area contributed by atoms with Gasteiger partial charge in [0.25, 0.3) is 0 Å². The molecule has 0 saturated carbocycles. The van der Waals surface area contributed by atoms with E-state index in [-0.39, 0.29) is 0 Å². The largest absolute Gasteiger partial charge is 0.330 e. The fraction of sp³-hybridized carbons (Fsp3) is 0.429. The van der Waals surface area contributed by atoms with Crippen LogP contribution >= 0.6 is 0 Å². The maximum atomic E-state index is 5.77. The van der Waals surface area contributed by atoms with Crippen molar-refractivity contribution < 1.29 is 0 Å². The summed E-state index contributed by atoms with van der Waals surface area (Å²) >= 11 is 0. The number of fused-ring (bicyclic) bond motifs is 1. The van der Waals surface area contributed by atoms with E-state index in [4.69, 9.17) is 5.73 Å². The van der Waals surface area contributed by atoms with Gasteiger partial charge in [0.15, 0.2) is 5.82 Å². The number of rotatable bonds is 2. The van der Waals surface area contributed by atoms with E-state index in [2.05, 4.69) is 19.9 Å². The number of nitrogens with zero attached hydrogens (tertiary/aromatic N) is 4. The molecule has 1 aliphatic rings. The average Bonchev–Trinajstić information content (AvgIpc) is 2.48. The Morgan fingerprint density at radius 1 is 1.32 bits per heavy atom. The Hall–Kier alpha value is -1.88. The summed E-state index contributed by atoms with van der Waals surface area (Å²) in [5.74, 6) is 1.24. The van der Waals surface area contributed by atoms with Crippen molar-refractivity contribution in [1.29, 1.82) is 0 Å². The van der Waals surface area contributed by atoms with Gasteiger partial charge in [-0.25, -0.2) is 15.0 Å². The number of hydrogen-bond acceptors (Lipinski definition) is 5. The van der Waals surface area contributed by atoms with Gasteiger partial charge in [0.1, 0.15) is 5.69 Å². The second-order valence-electron chi connectivity index (χ2n) is 4.99. The van der Waals surface area contributed by atoms with Crippen molar-refractivity contribution in [2.45, 2.75) is 26.2 Å². The molecule has 0 radical (unpaired) electrons. The van der Waals surface area contributed by atoms with E-state index in [0.717, 1.165) is 42.9 Å². The fourth-order valence-corrected chi connectivity index (χ4v) is 2.59. The maximum absolute atomic E-state index is 5.77. The lowest BCUT2D eigenvalue weighted by molar-refractivity contribution is 0.460. The van der Waals surface area contributed by atoms with Gasteiger partial charge in [-0.1, -0.05) is 0 Å². The Bertz CT molecular complexity index is 582. The van der Waals surface area contributed by atoms with Gasteiger partial charge in [-0.2, -0.15) is 0 Å². The molecule has 2 N–H and O–H groups in total. The monoisotopic (exact) mass is 255 g/mol. The van der Waals surface area contributed by atoms with E-state index >= 15 is 0 Å². The second kappa shape index (κ2) is 5.01. The van der Waals surface area contributed by atoms with Crippen LogP contribution in [0, 0.1) is 12.8 Å². The quantitative estimate of drug-likeness (QED) is 0.875. The van der Waals surface area contributed by atoms with Crippen molar-refractivity contribution in [3.8, 4) is 11.5 Å².